The van der Waals surface area contributed by atoms with Crippen molar-refractivity contribution in [3.63, 3.8) is 0 Å². The van der Waals surface area contributed by atoms with Gasteiger partial charge in [-0.1, -0.05) is 219 Å². The lowest BCUT2D eigenvalue weighted by atomic mass is 9.90. The standard InChI is InChI=1S/C65H51NSi/c1-67(2,3)61-36-31-51(32-37-61)50-29-34-60(35-30-50)66-63-38-33-53(58-41-54(46-19-9-4-10-20-46)39-55(42-58)47-21-11-5-12-22-47)45-62(63)64(65(66)52-27-17-8-18-28-52)59-43-56(48-23-13-6-14-24-48)40-57(44-59)49-25-15-7-16-26-49/h4-45H,1-3H3. The monoisotopic (exact) mass is 873 g/mol. The molecular formula is C65H51NSi. The molecule has 0 unspecified atom stereocenters. The number of hydrogen-bond donors (Lipinski definition) is 0. The molecular weight excluding hydrogens is 823 g/mol. The Bertz CT molecular complexity index is 3360. The van der Waals surface area contributed by atoms with Crippen LogP contribution in [0.15, 0.2) is 255 Å². The number of fused-ring (bicyclic) bond motifs is 1. The maximum Gasteiger partial charge on any atom is 0.0775 e. The summed E-state index contributed by atoms with van der Waals surface area (Å²) < 4.78 is 2.50. The summed E-state index contributed by atoms with van der Waals surface area (Å²) in [5.74, 6) is 0. The minimum absolute atomic E-state index is 1.12. The van der Waals surface area contributed by atoms with Crippen LogP contribution in [-0.2, 0) is 0 Å². The third kappa shape index (κ3) is 8.40. The Balaban J connectivity index is 1.19. The van der Waals surface area contributed by atoms with Crippen molar-refractivity contribution in [2.75, 3.05) is 0 Å². The number of rotatable bonds is 10. The van der Waals surface area contributed by atoms with E-state index in [1.807, 2.05) is 0 Å². The zero-order chi connectivity index (χ0) is 45.3. The van der Waals surface area contributed by atoms with Crippen LogP contribution in [0.25, 0.3) is 106 Å². The molecule has 0 fully saturated rings. The summed E-state index contributed by atoms with van der Waals surface area (Å²) in [6.45, 7) is 7.22. The summed E-state index contributed by atoms with van der Waals surface area (Å²) in [7, 11) is -1.41. The Labute approximate surface area is 396 Å². The minimum Gasteiger partial charge on any atom is -0.309 e. The molecule has 0 aliphatic heterocycles. The van der Waals surface area contributed by atoms with Gasteiger partial charge in [-0.15, -0.1) is 0 Å². The van der Waals surface area contributed by atoms with Crippen LogP contribution in [0.4, 0.5) is 0 Å². The van der Waals surface area contributed by atoms with Gasteiger partial charge in [0.1, 0.15) is 0 Å². The maximum atomic E-state index is 2.50. The van der Waals surface area contributed by atoms with E-state index in [1.165, 1.54) is 88.5 Å². The summed E-state index contributed by atoms with van der Waals surface area (Å²) in [5, 5.41) is 2.67. The van der Waals surface area contributed by atoms with Crippen LogP contribution in [0.1, 0.15) is 0 Å². The van der Waals surface area contributed by atoms with Crippen LogP contribution in [0.3, 0.4) is 0 Å². The molecule has 0 spiro atoms. The molecule has 0 saturated carbocycles. The zero-order valence-corrected chi connectivity index (χ0v) is 39.2. The first-order chi connectivity index (χ1) is 32.8. The molecule has 320 valence electrons. The van der Waals surface area contributed by atoms with E-state index in [0.717, 1.165) is 22.5 Å². The Morgan fingerprint density at radius 3 is 1.00 bits per heavy atom. The number of nitrogens with zero attached hydrogens (tertiary/aromatic N) is 1. The van der Waals surface area contributed by atoms with E-state index in [0.29, 0.717) is 0 Å². The summed E-state index contributed by atoms with van der Waals surface area (Å²) in [4.78, 5) is 0. The largest absolute Gasteiger partial charge is 0.309 e. The van der Waals surface area contributed by atoms with Gasteiger partial charge in [0.2, 0.25) is 0 Å². The molecule has 0 N–H and O–H groups in total. The van der Waals surface area contributed by atoms with Gasteiger partial charge in [0.05, 0.1) is 19.3 Å². The Kier molecular flexibility index (Phi) is 11.0. The molecule has 67 heavy (non-hydrogen) atoms. The number of benzene rings is 10. The van der Waals surface area contributed by atoms with Crippen LogP contribution in [0, 0.1) is 0 Å². The minimum atomic E-state index is -1.41. The highest BCUT2D eigenvalue weighted by atomic mass is 28.3. The second kappa shape index (κ2) is 17.7. The molecule has 0 radical (unpaired) electrons. The van der Waals surface area contributed by atoms with Crippen LogP contribution in [0.5, 0.6) is 0 Å². The molecule has 2 heteroatoms. The van der Waals surface area contributed by atoms with Crippen molar-refractivity contribution >= 4 is 24.2 Å². The van der Waals surface area contributed by atoms with E-state index in [4.69, 9.17) is 0 Å². The molecule has 1 nitrogen and oxygen atoms in total. The predicted octanol–water partition coefficient (Wildman–Crippen LogP) is 17.5. The van der Waals surface area contributed by atoms with E-state index in [-0.39, 0.29) is 0 Å². The highest BCUT2D eigenvalue weighted by Gasteiger charge is 2.24. The van der Waals surface area contributed by atoms with Crippen molar-refractivity contribution in [1.29, 1.82) is 0 Å². The van der Waals surface area contributed by atoms with Gasteiger partial charge in [-0.3, -0.25) is 0 Å². The molecule has 1 aromatic heterocycles. The van der Waals surface area contributed by atoms with Crippen molar-refractivity contribution < 1.29 is 0 Å². The fraction of sp³-hybridized carbons (Fsp3) is 0.0462. The van der Waals surface area contributed by atoms with E-state index >= 15 is 0 Å². The third-order valence-electron chi connectivity index (χ3n) is 13.1. The van der Waals surface area contributed by atoms with Gasteiger partial charge in [-0.05, 0) is 139 Å². The summed E-state index contributed by atoms with van der Waals surface area (Å²) in [6.07, 6.45) is 0. The summed E-state index contributed by atoms with van der Waals surface area (Å²) in [5.41, 5.74) is 21.3. The maximum absolute atomic E-state index is 2.50. The van der Waals surface area contributed by atoms with E-state index < -0.39 is 8.07 Å². The molecule has 10 aromatic carbocycles. The molecule has 0 aliphatic rings. The first-order valence-electron chi connectivity index (χ1n) is 23.3. The van der Waals surface area contributed by atoms with Crippen LogP contribution in [0.2, 0.25) is 19.6 Å². The van der Waals surface area contributed by atoms with Crippen molar-refractivity contribution in [2.45, 2.75) is 19.6 Å². The predicted molar refractivity (Wildman–Crippen MR) is 290 cm³/mol. The SMILES string of the molecule is C[Si](C)(C)c1ccc(-c2ccc(-n3c(-c4ccccc4)c(-c4cc(-c5ccccc5)cc(-c5ccccc5)c4)c4cc(-c5cc(-c6ccccc6)cc(-c6ccccc6)c5)ccc43)cc2)cc1. The quantitative estimate of drug-likeness (QED) is 0.121. The second-order valence-electron chi connectivity index (χ2n) is 18.6. The Morgan fingerprint density at radius 1 is 0.269 bits per heavy atom. The molecule has 11 aromatic rings. The fourth-order valence-electron chi connectivity index (χ4n) is 9.62. The fourth-order valence-corrected chi connectivity index (χ4v) is 10.8. The summed E-state index contributed by atoms with van der Waals surface area (Å²) >= 11 is 0. The van der Waals surface area contributed by atoms with E-state index in [9.17, 15) is 0 Å². The lowest BCUT2D eigenvalue weighted by molar-refractivity contribution is 1.14. The van der Waals surface area contributed by atoms with Crippen LogP contribution in [-0.4, -0.2) is 12.6 Å². The van der Waals surface area contributed by atoms with Gasteiger partial charge in [-0.2, -0.15) is 0 Å². The van der Waals surface area contributed by atoms with Crippen LogP contribution < -0.4 is 5.19 Å². The highest BCUT2D eigenvalue weighted by molar-refractivity contribution is 6.88. The van der Waals surface area contributed by atoms with Gasteiger partial charge < -0.3 is 4.57 Å². The molecule has 0 amide bonds. The van der Waals surface area contributed by atoms with Crippen molar-refractivity contribution in [1.82, 2.24) is 4.57 Å². The molecule has 0 atom stereocenters. The van der Waals surface area contributed by atoms with Gasteiger partial charge in [0.15, 0.2) is 0 Å². The first-order valence-corrected chi connectivity index (χ1v) is 26.8. The normalized spacial score (nSPS) is 11.5. The number of aromatic nitrogens is 1. The number of hydrogen-bond acceptors (Lipinski definition) is 0. The highest BCUT2D eigenvalue weighted by Crippen LogP contribution is 2.47. The van der Waals surface area contributed by atoms with Crippen molar-refractivity contribution in [3.05, 3.63) is 255 Å². The third-order valence-corrected chi connectivity index (χ3v) is 15.2. The van der Waals surface area contributed by atoms with Crippen LogP contribution >= 0.6 is 0 Å². The van der Waals surface area contributed by atoms with E-state index in [1.54, 1.807) is 0 Å². The Morgan fingerprint density at radius 2 is 0.597 bits per heavy atom. The lowest BCUT2D eigenvalue weighted by Crippen LogP contribution is -2.37. The zero-order valence-electron chi connectivity index (χ0n) is 38.2. The topological polar surface area (TPSA) is 4.93 Å². The molecule has 0 aliphatic carbocycles. The average molecular weight is 874 g/mol. The van der Waals surface area contributed by atoms with Crippen molar-refractivity contribution in [3.8, 4) is 94.8 Å². The first kappa shape index (κ1) is 41.6. The van der Waals surface area contributed by atoms with Gasteiger partial charge >= 0.3 is 0 Å². The Hall–Kier alpha value is -8.04. The molecule has 1 heterocycles. The van der Waals surface area contributed by atoms with E-state index in [2.05, 4.69) is 279 Å². The summed E-state index contributed by atoms with van der Waals surface area (Å²) in [6, 6.07) is 93.8. The molecule has 0 saturated heterocycles. The second-order valence-corrected chi connectivity index (χ2v) is 23.7. The average Bonchev–Trinajstić information content (AvgIpc) is 3.74. The molecule has 0 bridgehead atoms. The van der Waals surface area contributed by atoms with Gasteiger partial charge in [-0.25, -0.2) is 0 Å². The van der Waals surface area contributed by atoms with Crippen molar-refractivity contribution in [2.24, 2.45) is 0 Å². The molecule has 11 rings (SSSR count). The lowest BCUT2D eigenvalue weighted by Gasteiger charge is -2.17. The van der Waals surface area contributed by atoms with Gasteiger partial charge in [0.25, 0.3) is 0 Å². The smallest absolute Gasteiger partial charge is 0.0775 e. The van der Waals surface area contributed by atoms with Gasteiger partial charge in [0, 0.05) is 16.6 Å².